The van der Waals surface area contributed by atoms with Gasteiger partial charge in [0.25, 0.3) is 0 Å². The van der Waals surface area contributed by atoms with Crippen molar-refractivity contribution >= 4 is 5.96 Å². The van der Waals surface area contributed by atoms with E-state index in [0.29, 0.717) is 6.54 Å². The van der Waals surface area contributed by atoms with Crippen molar-refractivity contribution in [2.45, 2.75) is 31.9 Å². The minimum atomic E-state index is 0.000298. The Morgan fingerprint density at radius 3 is 2.67 bits per heavy atom. The number of methoxy groups -OCH3 is 2. The predicted octanol–water partition coefficient (Wildman–Crippen LogP) is 1.74. The molecule has 152 valence electrons. The Kier molecular flexibility index (Phi) is 9.21. The van der Waals surface area contributed by atoms with Gasteiger partial charge >= 0.3 is 0 Å². The van der Waals surface area contributed by atoms with Gasteiger partial charge in [-0.25, -0.2) is 0 Å². The number of rotatable bonds is 12. The summed E-state index contributed by atoms with van der Waals surface area (Å²) in [5, 5.41) is 6.70. The summed E-state index contributed by atoms with van der Waals surface area (Å²) in [6.45, 7) is 6.30. The van der Waals surface area contributed by atoms with Crippen LogP contribution in [0.5, 0.6) is 11.5 Å². The van der Waals surface area contributed by atoms with Crippen LogP contribution in [-0.4, -0.2) is 77.1 Å². The fourth-order valence-corrected chi connectivity index (χ4v) is 2.85. The number of hydrogen-bond acceptors (Lipinski definition) is 5. The van der Waals surface area contributed by atoms with E-state index in [1.165, 1.54) is 12.8 Å². The number of nitrogens with zero attached hydrogens (tertiary/aromatic N) is 2. The average molecular weight is 379 g/mol. The summed E-state index contributed by atoms with van der Waals surface area (Å²) in [7, 11) is 5.19. The van der Waals surface area contributed by atoms with Gasteiger partial charge in [0.1, 0.15) is 17.6 Å². The SMILES string of the molecule is CN=C(NCCN(CCOC)C1CC1)NCC(C)Oc1cccc(OC)c1. The molecule has 1 aliphatic carbocycles. The van der Waals surface area contributed by atoms with E-state index in [1.54, 1.807) is 21.3 Å². The van der Waals surface area contributed by atoms with Gasteiger partial charge in [-0.1, -0.05) is 6.07 Å². The normalized spacial score (nSPS) is 15.5. The van der Waals surface area contributed by atoms with Gasteiger partial charge in [-0.05, 0) is 31.9 Å². The van der Waals surface area contributed by atoms with Gasteiger partial charge in [0.2, 0.25) is 0 Å². The van der Waals surface area contributed by atoms with E-state index in [0.717, 1.165) is 49.7 Å². The fraction of sp³-hybridized carbons (Fsp3) is 0.650. The Labute approximate surface area is 163 Å². The van der Waals surface area contributed by atoms with Crippen molar-refractivity contribution in [1.82, 2.24) is 15.5 Å². The van der Waals surface area contributed by atoms with E-state index >= 15 is 0 Å². The molecule has 0 bridgehead atoms. The van der Waals surface area contributed by atoms with Crippen LogP contribution in [0.2, 0.25) is 0 Å². The molecule has 1 aromatic rings. The second kappa shape index (κ2) is 11.7. The lowest BCUT2D eigenvalue weighted by atomic mass is 10.3. The molecule has 0 spiro atoms. The largest absolute Gasteiger partial charge is 0.497 e. The lowest BCUT2D eigenvalue weighted by Crippen LogP contribution is -2.45. The maximum atomic E-state index is 5.93. The summed E-state index contributed by atoms with van der Waals surface area (Å²) < 4.78 is 16.4. The van der Waals surface area contributed by atoms with Crippen LogP contribution in [0.25, 0.3) is 0 Å². The number of guanidine groups is 1. The van der Waals surface area contributed by atoms with Crippen molar-refractivity contribution in [1.29, 1.82) is 0 Å². The van der Waals surface area contributed by atoms with Crippen molar-refractivity contribution in [3.8, 4) is 11.5 Å². The van der Waals surface area contributed by atoms with Gasteiger partial charge in [0.05, 0.1) is 20.3 Å². The number of benzene rings is 1. The molecule has 7 heteroatoms. The molecule has 0 aromatic heterocycles. The summed E-state index contributed by atoms with van der Waals surface area (Å²) in [6.07, 6.45) is 2.60. The molecular formula is C20H34N4O3. The smallest absolute Gasteiger partial charge is 0.191 e. The molecule has 27 heavy (non-hydrogen) atoms. The molecule has 0 heterocycles. The van der Waals surface area contributed by atoms with Crippen LogP contribution in [0.1, 0.15) is 19.8 Å². The Hall–Kier alpha value is -1.99. The Bertz CT molecular complexity index is 578. The maximum Gasteiger partial charge on any atom is 0.191 e. The van der Waals surface area contributed by atoms with Crippen LogP contribution in [0, 0.1) is 0 Å². The molecule has 1 fully saturated rings. The minimum absolute atomic E-state index is 0.000298. The van der Waals surface area contributed by atoms with E-state index in [-0.39, 0.29) is 6.10 Å². The lowest BCUT2D eigenvalue weighted by Gasteiger charge is -2.23. The minimum Gasteiger partial charge on any atom is -0.497 e. The summed E-state index contributed by atoms with van der Waals surface area (Å²) >= 11 is 0. The first-order valence-electron chi connectivity index (χ1n) is 9.64. The first-order chi connectivity index (χ1) is 13.2. The van der Waals surface area contributed by atoms with Crippen LogP contribution in [0.15, 0.2) is 29.3 Å². The molecule has 7 nitrogen and oxygen atoms in total. The molecule has 2 rings (SSSR count). The Morgan fingerprint density at radius 1 is 1.22 bits per heavy atom. The average Bonchev–Trinajstić information content (AvgIpc) is 3.52. The maximum absolute atomic E-state index is 5.93. The van der Waals surface area contributed by atoms with Crippen LogP contribution in [0.4, 0.5) is 0 Å². The van der Waals surface area contributed by atoms with Crippen molar-refractivity contribution in [3.05, 3.63) is 24.3 Å². The molecule has 1 saturated carbocycles. The van der Waals surface area contributed by atoms with Gasteiger partial charge in [-0.3, -0.25) is 9.89 Å². The molecule has 0 radical (unpaired) electrons. The molecule has 0 saturated heterocycles. The summed E-state index contributed by atoms with van der Waals surface area (Å²) in [5.41, 5.74) is 0. The van der Waals surface area contributed by atoms with Crippen molar-refractivity contribution in [3.63, 3.8) is 0 Å². The summed E-state index contributed by atoms with van der Waals surface area (Å²) in [4.78, 5) is 6.77. The quantitative estimate of drug-likeness (QED) is 0.427. The van der Waals surface area contributed by atoms with E-state index in [1.807, 2.05) is 31.2 Å². The third-order valence-electron chi connectivity index (χ3n) is 4.50. The Balaban J connectivity index is 1.68. The summed E-state index contributed by atoms with van der Waals surface area (Å²) in [5.74, 6) is 2.38. The highest BCUT2D eigenvalue weighted by Crippen LogP contribution is 2.26. The molecule has 1 aliphatic rings. The van der Waals surface area contributed by atoms with Crippen molar-refractivity contribution < 1.29 is 14.2 Å². The number of nitrogens with one attached hydrogen (secondary N) is 2. The van der Waals surface area contributed by atoms with E-state index < -0.39 is 0 Å². The highest BCUT2D eigenvalue weighted by molar-refractivity contribution is 5.79. The standard InChI is InChI=1S/C20H34N4O3/c1-16(27-19-7-5-6-18(14-19)26-4)15-23-20(21-2)22-10-11-24(12-13-25-3)17-8-9-17/h5-7,14,16-17H,8-13,15H2,1-4H3,(H2,21,22,23). The summed E-state index contributed by atoms with van der Waals surface area (Å²) in [6, 6.07) is 8.37. The molecule has 1 atom stereocenters. The van der Waals surface area contributed by atoms with E-state index in [4.69, 9.17) is 14.2 Å². The highest BCUT2D eigenvalue weighted by Gasteiger charge is 2.28. The van der Waals surface area contributed by atoms with Crippen LogP contribution in [0.3, 0.4) is 0 Å². The molecule has 1 unspecified atom stereocenters. The van der Waals surface area contributed by atoms with Crippen LogP contribution in [-0.2, 0) is 4.74 Å². The third-order valence-corrected chi connectivity index (χ3v) is 4.50. The van der Waals surface area contributed by atoms with Gasteiger partial charge in [0, 0.05) is 45.9 Å². The number of ether oxygens (including phenoxy) is 3. The highest BCUT2D eigenvalue weighted by atomic mass is 16.5. The van der Waals surface area contributed by atoms with Gasteiger partial charge in [-0.15, -0.1) is 0 Å². The zero-order valence-corrected chi connectivity index (χ0v) is 17.0. The number of hydrogen-bond donors (Lipinski definition) is 2. The van der Waals surface area contributed by atoms with Crippen molar-refractivity contribution in [2.75, 3.05) is 54.1 Å². The van der Waals surface area contributed by atoms with E-state index in [2.05, 4.69) is 20.5 Å². The fourth-order valence-electron chi connectivity index (χ4n) is 2.85. The van der Waals surface area contributed by atoms with Gasteiger partial charge < -0.3 is 24.8 Å². The van der Waals surface area contributed by atoms with Gasteiger partial charge in [0.15, 0.2) is 5.96 Å². The topological polar surface area (TPSA) is 67.4 Å². The van der Waals surface area contributed by atoms with E-state index in [9.17, 15) is 0 Å². The second-order valence-corrected chi connectivity index (χ2v) is 6.75. The first-order valence-corrected chi connectivity index (χ1v) is 9.64. The zero-order chi connectivity index (χ0) is 19.5. The van der Waals surface area contributed by atoms with Gasteiger partial charge in [-0.2, -0.15) is 0 Å². The Morgan fingerprint density at radius 2 is 2.00 bits per heavy atom. The second-order valence-electron chi connectivity index (χ2n) is 6.75. The van der Waals surface area contributed by atoms with Crippen LogP contribution < -0.4 is 20.1 Å². The molecule has 0 aliphatic heterocycles. The molecule has 1 aromatic carbocycles. The van der Waals surface area contributed by atoms with Crippen LogP contribution >= 0.6 is 0 Å². The monoisotopic (exact) mass is 378 g/mol. The molecule has 2 N–H and O–H groups in total. The van der Waals surface area contributed by atoms with Crippen molar-refractivity contribution in [2.24, 2.45) is 4.99 Å². The molecule has 0 amide bonds. The lowest BCUT2D eigenvalue weighted by molar-refractivity contribution is 0.144. The zero-order valence-electron chi connectivity index (χ0n) is 17.0. The number of aliphatic imine (C=N–C) groups is 1. The molecular weight excluding hydrogens is 344 g/mol. The predicted molar refractivity (Wildman–Crippen MR) is 109 cm³/mol. The first kappa shape index (κ1) is 21.3. The third kappa shape index (κ3) is 8.05.